The lowest BCUT2D eigenvalue weighted by Crippen LogP contribution is -2.03. The maximum atomic E-state index is 11.2. The molecular weight excluding hydrogens is 326 g/mol. The Balaban J connectivity index is 1.84. The first-order chi connectivity index (χ1) is 12.7. The van der Waals surface area contributed by atoms with Gasteiger partial charge in [-0.15, -0.1) is 0 Å². The number of aromatic nitrogens is 1. The summed E-state index contributed by atoms with van der Waals surface area (Å²) in [6.45, 7) is 2.21. The van der Waals surface area contributed by atoms with E-state index in [1.54, 1.807) is 12.1 Å². The maximum Gasteiger partial charge on any atom is 0.335 e. The summed E-state index contributed by atoms with van der Waals surface area (Å²) < 4.78 is 5.13. The zero-order valence-electron chi connectivity index (χ0n) is 15.4. The van der Waals surface area contributed by atoms with Gasteiger partial charge in [-0.1, -0.05) is 57.1 Å². The number of aliphatic hydroxyl groups is 1. The fourth-order valence-corrected chi connectivity index (χ4v) is 2.70. The van der Waals surface area contributed by atoms with Gasteiger partial charge in [-0.25, -0.2) is 9.78 Å². The molecule has 4 nitrogen and oxygen atoms in total. The van der Waals surface area contributed by atoms with Crippen LogP contribution in [-0.4, -0.2) is 16.2 Å². The quantitative estimate of drug-likeness (QED) is 0.545. The van der Waals surface area contributed by atoms with Crippen molar-refractivity contribution in [1.82, 2.24) is 4.98 Å². The van der Waals surface area contributed by atoms with Gasteiger partial charge in [0.1, 0.15) is 17.6 Å². The smallest absolute Gasteiger partial charge is 0.335 e. The van der Waals surface area contributed by atoms with Crippen LogP contribution in [0.4, 0.5) is 0 Å². The van der Waals surface area contributed by atoms with E-state index >= 15 is 0 Å². The highest BCUT2D eigenvalue weighted by molar-refractivity contribution is 5.30. The van der Waals surface area contributed by atoms with E-state index in [1.807, 2.05) is 18.2 Å². The van der Waals surface area contributed by atoms with Crippen LogP contribution < -0.4 is 5.63 Å². The summed E-state index contributed by atoms with van der Waals surface area (Å²) in [6.07, 6.45) is 7.71. The summed E-state index contributed by atoms with van der Waals surface area (Å²) >= 11 is 0. The van der Waals surface area contributed by atoms with E-state index < -0.39 is 6.10 Å². The van der Waals surface area contributed by atoms with Crippen molar-refractivity contribution in [2.45, 2.75) is 64.4 Å². The van der Waals surface area contributed by atoms with Gasteiger partial charge in [0.05, 0.1) is 0 Å². The second-order valence-electron chi connectivity index (χ2n) is 6.45. The van der Waals surface area contributed by atoms with Crippen LogP contribution in [0.15, 0.2) is 45.6 Å². The lowest BCUT2D eigenvalue weighted by atomic mass is 10.1. The molecule has 0 radical (unpaired) electrons. The highest BCUT2D eigenvalue weighted by atomic mass is 16.4. The third-order valence-electron chi connectivity index (χ3n) is 4.11. The zero-order chi connectivity index (χ0) is 18.6. The topological polar surface area (TPSA) is 63.3 Å². The molecule has 0 aliphatic carbocycles. The molecule has 2 rings (SSSR count). The first-order valence-electron chi connectivity index (χ1n) is 9.42. The zero-order valence-corrected chi connectivity index (χ0v) is 15.4. The van der Waals surface area contributed by atoms with Crippen molar-refractivity contribution in [2.75, 3.05) is 0 Å². The Morgan fingerprint density at radius 3 is 2.65 bits per heavy atom. The third-order valence-corrected chi connectivity index (χ3v) is 4.11. The van der Waals surface area contributed by atoms with Gasteiger partial charge in [0.25, 0.3) is 0 Å². The van der Waals surface area contributed by atoms with E-state index in [4.69, 9.17) is 4.42 Å². The summed E-state index contributed by atoms with van der Waals surface area (Å²) in [7, 11) is 0. The van der Waals surface area contributed by atoms with Gasteiger partial charge in [-0.2, -0.15) is 0 Å². The van der Waals surface area contributed by atoms with E-state index in [2.05, 4.69) is 23.7 Å². The van der Waals surface area contributed by atoms with Gasteiger partial charge >= 0.3 is 5.63 Å². The molecule has 26 heavy (non-hydrogen) atoms. The number of nitrogens with zero attached hydrogens (tertiary/aromatic N) is 1. The molecule has 0 aliphatic heterocycles. The summed E-state index contributed by atoms with van der Waals surface area (Å²) in [5.41, 5.74) is 1.02. The molecule has 4 heteroatoms. The first-order valence-corrected chi connectivity index (χ1v) is 9.42. The average Bonchev–Trinajstić information content (AvgIpc) is 2.63. The fourth-order valence-electron chi connectivity index (χ4n) is 2.70. The number of unbranched alkanes of at least 4 members (excludes halogenated alkanes) is 5. The van der Waals surface area contributed by atoms with Crippen LogP contribution in [0.25, 0.3) is 0 Å². The average molecular weight is 353 g/mol. The van der Waals surface area contributed by atoms with E-state index in [0.717, 1.165) is 18.5 Å². The Kier molecular flexibility index (Phi) is 8.65. The van der Waals surface area contributed by atoms with Gasteiger partial charge in [-0.3, -0.25) is 0 Å². The molecule has 2 aromatic heterocycles. The molecule has 1 unspecified atom stereocenters. The number of pyridine rings is 1. The number of aliphatic hydroxyl groups excluding tert-OH is 1. The second kappa shape index (κ2) is 11.3. The molecule has 2 aromatic rings. The van der Waals surface area contributed by atoms with Crippen LogP contribution in [0, 0.1) is 11.8 Å². The molecule has 2 heterocycles. The largest absolute Gasteiger partial charge is 0.427 e. The predicted octanol–water partition coefficient (Wildman–Crippen LogP) is 4.09. The Morgan fingerprint density at radius 1 is 1.08 bits per heavy atom. The minimum Gasteiger partial charge on any atom is -0.427 e. The first kappa shape index (κ1) is 19.9. The van der Waals surface area contributed by atoms with Gasteiger partial charge < -0.3 is 9.52 Å². The summed E-state index contributed by atoms with van der Waals surface area (Å²) in [6, 6.07) is 10.4. The number of rotatable bonds is 9. The minimum absolute atomic E-state index is 0.365. The Labute approximate surface area is 155 Å². The Bertz CT molecular complexity index is 785. The summed E-state index contributed by atoms with van der Waals surface area (Å²) in [5.74, 6) is 6.38. The molecule has 0 aromatic carbocycles. The van der Waals surface area contributed by atoms with Crippen molar-refractivity contribution in [1.29, 1.82) is 0 Å². The standard InChI is InChI=1S/C22H27NO3/c1-2-3-4-5-6-7-12-20(24)16-15-18-10-8-11-19(23-18)17-21-13-9-14-22(25)26-21/h8-11,13-14,20,24H,2-7,12,17H2,1H3. The predicted molar refractivity (Wildman–Crippen MR) is 103 cm³/mol. The van der Waals surface area contributed by atoms with E-state index in [0.29, 0.717) is 24.3 Å². The van der Waals surface area contributed by atoms with Gasteiger partial charge in [-0.05, 0) is 37.0 Å². The van der Waals surface area contributed by atoms with E-state index in [-0.39, 0.29) is 5.63 Å². The SMILES string of the molecule is CCCCCCCCC(O)C#Cc1cccc(Cc2cccc(=O)o2)n1. The Hall–Kier alpha value is -2.38. The molecule has 0 fully saturated rings. The molecule has 0 bridgehead atoms. The molecule has 0 saturated heterocycles. The van der Waals surface area contributed by atoms with E-state index in [9.17, 15) is 9.90 Å². The van der Waals surface area contributed by atoms with E-state index in [1.165, 1.54) is 31.7 Å². The lowest BCUT2D eigenvalue weighted by molar-refractivity contribution is 0.217. The van der Waals surface area contributed by atoms with Gasteiger partial charge in [0.15, 0.2) is 0 Å². The van der Waals surface area contributed by atoms with Crippen LogP contribution in [-0.2, 0) is 6.42 Å². The highest BCUT2D eigenvalue weighted by Crippen LogP contribution is 2.09. The molecule has 0 aliphatic rings. The van der Waals surface area contributed by atoms with Crippen LogP contribution in [0.2, 0.25) is 0 Å². The maximum absolute atomic E-state index is 11.2. The van der Waals surface area contributed by atoms with Crippen molar-refractivity contribution in [3.8, 4) is 11.8 Å². The molecule has 138 valence electrons. The van der Waals surface area contributed by atoms with Gasteiger partial charge in [0.2, 0.25) is 0 Å². The van der Waals surface area contributed by atoms with Gasteiger partial charge in [0, 0.05) is 18.2 Å². The number of hydrogen-bond acceptors (Lipinski definition) is 4. The normalized spacial score (nSPS) is 11.6. The van der Waals surface area contributed by atoms with Crippen LogP contribution >= 0.6 is 0 Å². The fraction of sp³-hybridized carbons (Fsp3) is 0.455. The molecule has 0 spiro atoms. The second-order valence-corrected chi connectivity index (χ2v) is 6.45. The molecule has 0 saturated carbocycles. The summed E-state index contributed by atoms with van der Waals surface area (Å²) in [4.78, 5) is 15.7. The van der Waals surface area contributed by atoms with Crippen LogP contribution in [0.1, 0.15) is 69.0 Å². The van der Waals surface area contributed by atoms with Crippen LogP contribution in [0.3, 0.4) is 0 Å². The van der Waals surface area contributed by atoms with Crippen molar-refractivity contribution in [2.24, 2.45) is 0 Å². The van der Waals surface area contributed by atoms with Crippen LogP contribution in [0.5, 0.6) is 0 Å². The molecule has 1 N–H and O–H groups in total. The molecule has 1 atom stereocenters. The monoisotopic (exact) mass is 353 g/mol. The van der Waals surface area contributed by atoms with Crippen molar-refractivity contribution < 1.29 is 9.52 Å². The lowest BCUT2D eigenvalue weighted by Gasteiger charge is -2.03. The van der Waals surface area contributed by atoms with Crippen molar-refractivity contribution >= 4 is 0 Å². The molecule has 0 amide bonds. The number of hydrogen-bond donors (Lipinski definition) is 1. The van der Waals surface area contributed by atoms with Crippen molar-refractivity contribution in [3.05, 3.63) is 64.0 Å². The summed E-state index contributed by atoms with van der Waals surface area (Å²) in [5, 5.41) is 10.00. The Morgan fingerprint density at radius 2 is 1.85 bits per heavy atom. The van der Waals surface area contributed by atoms with Crippen molar-refractivity contribution in [3.63, 3.8) is 0 Å². The third kappa shape index (κ3) is 7.67. The minimum atomic E-state index is -0.612. The highest BCUT2D eigenvalue weighted by Gasteiger charge is 2.02. The molecular formula is C22H27NO3.